The second-order valence-electron chi connectivity index (χ2n) is 7.04. The molecule has 1 N–H and O–H groups in total. The summed E-state index contributed by atoms with van der Waals surface area (Å²) in [6, 6.07) is 16.1. The Labute approximate surface area is 175 Å². The minimum absolute atomic E-state index is 0.0908. The highest BCUT2D eigenvalue weighted by atomic mass is 19.3. The third kappa shape index (κ3) is 4.54. The smallest absolute Gasteiger partial charge is 0.472 e. The van der Waals surface area contributed by atoms with Gasteiger partial charge < -0.3 is 14.6 Å². The van der Waals surface area contributed by atoms with Gasteiger partial charge in [0.1, 0.15) is 35.1 Å². The van der Waals surface area contributed by atoms with E-state index in [0.29, 0.717) is 11.1 Å². The van der Waals surface area contributed by atoms with Crippen LogP contribution < -0.4 is 4.74 Å². The van der Waals surface area contributed by atoms with Gasteiger partial charge in [-0.1, -0.05) is 42.5 Å². The lowest BCUT2D eigenvalue weighted by Crippen LogP contribution is -2.23. The fourth-order valence-electron chi connectivity index (χ4n) is 3.43. The molecule has 4 nitrogen and oxygen atoms in total. The van der Waals surface area contributed by atoms with Crippen LogP contribution in [0.15, 0.2) is 71.7 Å². The monoisotopic (exact) mass is 431 g/mol. The fourth-order valence-corrected chi connectivity index (χ4v) is 3.43. The molecule has 0 unspecified atom stereocenters. The number of aliphatic hydroxyl groups is 1. The number of benzene rings is 3. The molecule has 8 heteroatoms. The van der Waals surface area contributed by atoms with Crippen molar-refractivity contribution in [2.75, 3.05) is 0 Å². The van der Waals surface area contributed by atoms with E-state index >= 15 is 0 Å². The zero-order valence-corrected chi connectivity index (χ0v) is 16.2. The molecule has 0 saturated carbocycles. The molecule has 1 heterocycles. The van der Waals surface area contributed by atoms with Crippen molar-refractivity contribution in [1.82, 2.24) is 0 Å². The SMILES string of the molecule is C[C@H]1OC(c2c(F)cccc2F)=N[C@@H]1c1ccc(-c2cccc(OC(O)(F)F)c2)cc1. The highest BCUT2D eigenvalue weighted by Gasteiger charge is 2.32. The van der Waals surface area contributed by atoms with E-state index in [1.165, 1.54) is 24.3 Å². The van der Waals surface area contributed by atoms with Gasteiger partial charge in [-0.3, -0.25) is 0 Å². The summed E-state index contributed by atoms with van der Waals surface area (Å²) in [5.41, 5.74) is 1.77. The standard InChI is InChI=1S/C23H17F4NO3/c1-13-21(28-22(30-13)20-18(24)6-3-7-19(20)25)15-10-8-14(9-11-15)16-4-2-5-17(12-16)31-23(26,27)29/h2-13,21,29H,1H3/t13-,21+/m1/s1. The van der Waals surface area contributed by atoms with Crippen molar-refractivity contribution in [1.29, 1.82) is 0 Å². The van der Waals surface area contributed by atoms with Gasteiger partial charge in [0.05, 0.1) is 0 Å². The third-order valence-electron chi connectivity index (χ3n) is 4.84. The van der Waals surface area contributed by atoms with Crippen LogP contribution in [0.25, 0.3) is 11.1 Å². The number of nitrogens with zero attached hydrogens (tertiary/aromatic N) is 1. The average Bonchev–Trinajstić information content (AvgIpc) is 3.08. The molecule has 4 rings (SSSR count). The number of hydrogen-bond donors (Lipinski definition) is 1. The Morgan fingerprint density at radius 3 is 2.23 bits per heavy atom. The van der Waals surface area contributed by atoms with Crippen LogP contribution in [-0.4, -0.2) is 23.4 Å². The minimum atomic E-state index is -4.27. The zero-order valence-electron chi connectivity index (χ0n) is 16.2. The lowest BCUT2D eigenvalue weighted by Gasteiger charge is -2.14. The second-order valence-corrected chi connectivity index (χ2v) is 7.04. The number of halogens is 4. The van der Waals surface area contributed by atoms with Crippen LogP contribution in [0.4, 0.5) is 17.6 Å². The van der Waals surface area contributed by atoms with Crippen LogP contribution in [-0.2, 0) is 4.74 Å². The predicted octanol–water partition coefficient (Wildman–Crippen LogP) is 5.46. The summed E-state index contributed by atoms with van der Waals surface area (Å²) in [6.07, 6.45) is -4.71. The third-order valence-corrected chi connectivity index (χ3v) is 4.84. The molecule has 0 amide bonds. The van der Waals surface area contributed by atoms with E-state index in [2.05, 4.69) is 9.73 Å². The van der Waals surface area contributed by atoms with Gasteiger partial charge in [0.15, 0.2) is 0 Å². The second kappa shape index (κ2) is 8.03. The molecule has 0 radical (unpaired) electrons. The molecule has 0 bridgehead atoms. The molecule has 31 heavy (non-hydrogen) atoms. The first-order valence-electron chi connectivity index (χ1n) is 9.40. The quantitative estimate of drug-likeness (QED) is 0.431. The van der Waals surface area contributed by atoms with Gasteiger partial charge in [0.2, 0.25) is 5.90 Å². The van der Waals surface area contributed by atoms with Gasteiger partial charge in [0, 0.05) is 0 Å². The first kappa shape index (κ1) is 20.9. The zero-order chi connectivity index (χ0) is 22.2. The molecule has 0 fully saturated rings. The summed E-state index contributed by atoms with van der Waals surface area (Å²) in [4.78, 5) is 4.37. The number of alkyl halides is 2. The molecule has 2 atom stereocenters. The van der Waals surface area contributed by atoms with Crippen molar-refractivity contribution >= 4 is 5.90 Å². The fraction of sp³-hybridized carbons (Fsp3) is 0.174. The van der Waals surface area contributed by atoms with E-state index in [4.69, 9.17) is 9.84 Å². The van der Waals surface area contributed by atoms with Crippen molar-refractivity contribution in [3.8, 4) is 16.9 Å². The maximum absolute atomic E-state index is 14.1. The van der Waals surface area contributed by atoms with Gasteiger partial charge in [-0.2, -0.15) is 0 Å². The Morgan fingerprint density at radius 2 is 1.58 bits per heavy atom. The van der Waals surface area contributed by atoms with Gasteiger partial charge in [-0.05, 0) is 47.9 Å². The van der Waals surface area contributed by atoms with E-state index in [0.717, 1.165) is 17.7 Å². The maximum atomic E-state index is 14.1. The van der Waals surface area contributed by atoms with Crippen LogP contribution in [0.2, 0.25) is 0 Å². The van der Waals surface area contributed by atoms with E-state index in [1.54, 1.807) is 37.3 Å². The van der Waals surface area contributed by atoms with Gasteiger partial charge in [0.25, 0.3) is 0 Å². The summed E-state index contributed by atoms with van der Waals surface area (Å²) < 4.78 is 63.3. The molecule has 160 valence electrons. The van der Waals surface area contributed by atoms with Gasteiger partial charge in [-0.15, -0.1) is 8.78 Å². The van der Waals surface area contributed by atoms with Crippen LogP contribution in [0.1, 0.15) is 24.1 Å². The summed E-state index contributed by atoms with van der Waals surface area (Å²) in [7, 11) is 0. The van der Waals surface area contributed by atoms with E-state index in [1.807, 2.05) is 0 Å². The Bertz CT molecular complexity index is 1110. The Morgan fingerprint density at radius 1 is 0.935 bits per heavy atom. The van der Waals surface area contributed by atoms with E-state index < -0.39 is 30.1 Å². The summed E-state index contributed by atoms with van der Waals surface area (Å²) in [5, 5.41) is 8.53. The Hall–Kier alpha value is -3.39. The number of ether oxygens (including phenoxy) is 2. The molecule has 3 aromatic rings. The first-order chi connectivity index (χ1) is 14.7. The van der Waals surface area contributed by atoms with Crippen LogP contribution in [0.3, 0.4) is 0 Å². The molecule has 1 aliphatic rings. The molecular weight excluding hydrogens is 414 g/mol. The molecule has 1 aliphatic heterocycles. The predicted molar refractivity (Wildman–Crippen MR) is 106 cm³/mol. The lowest BCUT2D eigenvalue weighted by atomic mass is 9.99. The van der Waals surface area contributed by atoms with E-state index in [-0.39, 0.29) is 17.2 Å². The molecule has 0 spiro atoms. The normalized spacial score (nSPS) is 18.5. The van der Waals surface area contributed by atoms with Gasteiger partial charge in [-0.25, -0.2) is 13.8 Å². The van der Waals surface area contributed by atoms with Crippen LogP contribution in [0.5, 0.6) is 5.75 Å². The highest BCUT2D eigenvalue weighted by Crippen LogP contribution is 2.34. The summed E-state index contributed by atoms with van der Waals surface area (Å²) >= 11 is 0. The molecule has 3 aromatic carbocycles. The lowest BCUT2D eigenvalue weighted by molar-refractivity contribution is -0.327. The number of hydrogen-bond acceptors (Lipinski definition) is 4. The molecular formula is C23H17F4NO3. The summed E-state index contributed by atoms with van der Waals surface area (Å²) in [5.74, 6) is -1.78. The Balaban J connectivity index is 1.59. The number of rotatable bonds is 5. The summed E-state index contributed by atoms with van der Waals surface area (Å²) in [6.45, 7) is 1.75. The largest absolute Gasteiger partial charge is 0.532 e. The first-order valence-corrected chi connectivity index (χ1v) is 9.40. The van der Waals surface area contributed by atoms with Crippen molar-refractivity contribution in [2.24, 2.45) is 4.99 Å². The molecule has 0 saturated heterocycles. The van der Waals surface area contributed by atoms with Gasteiger partial charge >= 0.3 is 6.29 Å². The highest BCUT2D eigenvalue weighted by molar-refractivity contribution is 5.96. The average molecular weight is 431 g/mol. The number of aliphatic imine (C=N–C) groups is 1. The van der Waals surface area contributed by atoms with Crippen molar-refractivity contribution in [3.05, 3.63) is 89.5 Å². The van der Waals surface area contributed by atoms with E-state index in [9.17, 15) is 17.6 Å². The maximum Gasteiger partial charge on any atom is 0.532 e. The minimum Gasteiger partial charge on any atom is -0.472 e. The Kier molecular flexibility index (Phi) is 5.41. The van der Waals surface area contributed by atoms with Crippen molar-refractivity contribution < 1.29 is 32.1 Å². The molecule has 0 aromatic heterocycles. The van der Waals surface area contributed by atoms with Crippen LogP contribution >= 0.6 is 0 Å². The van der Waals surface area contributed by atoms with Crippen molar-refractivity contribution in [3.63, 3.8) is 0 Å². The van der Waals surface area contributed by atoms with Crippen LogP contribution in [0, 0.1) is 11.6 Å². The van der Waals surface area contributed by atoms with Crippen molar-refractivity contribution in [2.45, 2.75) is 25.4 Å². The molecule has 0 aliphatic carbocycles. The topological polar surface area (TPSA) is 51.0 Å².